The summed E-state index contributed by atoms with van der Waals surface area (Å²) in [6, 6.07) is 6.47. The molecule has 1 atom stereocenters. The maximum absolute atomic E-state index is 6.29. The van der Waals surface area contributed by atoms with Gasteiger partial charge in [0.1, 0.15) is 0 Å². The van der Waals surface area contributed by atoms with Crippen LogP contribution < -0.4 is 5.32 Å². The summed E-state index contributed by atoms with van der Waals surface area (Å²) in [5.41, 5.74) is 1.19. The number of nitrogens with one attached hydrogen (secondary N) is 1. The maximum atomic E-state index is 6.29. The third kappa shape index (κ3) is 3.76. The lowest BCUT2D eigenvalue weighted by Crippen LogP contribution is -2.16. The van der Waals surface area contributed by atoms with E-state index in [0.29, 0.717) is 6.04 Å². The van der Waals surface area contributed by atoms with Crippen LogP contribution in [0.15, 0.2) is 22.7 Å². The van der Waals surface area contributed by atoms with Crippen molar-refractivity contribution in [2.24, 2.45) is 0 Å². The van der Waals surface area contributed by atoms with E-state index in [-0.39, 0.29) is 0 Å². The highest BCUT2D eigenvalue weighted by Gasteiger charge is 2.13. The number of benzene rings is 1. The second kappa shape index (κ2) is 7.31. The first kappa shape index (κ1) is 14.0. The molecular formula is C13H19BrClN. The molecule has 0 amide bonds. The Hall–Kier alpha value is -0.0500. The first-order valence-corrected chi connectivity index (χ1v) is 6.99. The minimum absolute atomic E-state index is 0.358. The SMILES string of the molecule is CCCCCC(NC)c1cccc(Br)c1Cl. The minimum atomic E-state index is 0.358. The average Bonchev–Trinajstić information content (AvgIpc) is 2.29. The van der Waals surface area contributed by atoms with Gasteiger partial charge in [-0.15, -0.1) is 0 Å². The van der Waals surface area contributed by atoms with Crippen LogP contribution in [0.5, 0.6) is 0 Å². The van der Waals surface area contributed by atoms with E-state index in [1.165, 1.54) is 24.8 Å². The summed E-state index contributed by atoms with van der Waals surface area (Å²) in [5.74, 6) is 0. The molecule has 1 rings (SSSR count). The van der Waals surface area contributed by atoms with Crippen LogP contribution in [-0.2, 0) is 0 Å². The van der Waals surface area contributed by atoms with Crippen LogP contribution in [0.2, 0.25) is 5.02 Å². The lowest BCUT2D eigenvalue weighted by molar-refractivity contribution is 0.512. The summed E-state index contributed by atoms with van der Waals surface area (Å²) >= 11 is 9.76. The van der Waals surface area contributed by atoms with Gasteiger partial charge in [-0.05, 0) is 41.0 Å². The number of rotatable bonds is 6. The maximum Gasteiger partial charge on any atom is 0.0595 e. The number of unbranched alkanes of at least 4 members (excludes halogenated alkanes) is 2. The van der Waals surface area contributed by atoms with E-state index in [1.54, 1.807) is 0 Å². The first-order valence-electron chi connectivity index (χ1n) is 5.81. The molecule has 1 unspecified atom stereocenters. The van der Waals surface area contributed by atoms with Crippen LogP contribution in [0, 0.1) is 0 Å². The van der Waals surface area contributed by atoms with E-state index in [2.05, 4.69) is 34.2 Å². The Morgan fingerprint density at radius 1 is 1.38 bits per heavy atom. The molecule has 0 aromatic heterocycles. The van der Waals surface area contributed by atoms with Crippen LogP contribution in [0.25, 0.3) is 0 Å². The zero-order valence-corrected chi connectivity index (χ0v) is 12.2. The summed E-state index contributed by atoms with van der Waals surface area (Å²) in [4.78, 5) is 0. The fourth-order valence-electron chi connectivity index (χ4n) is 1.84. The Morgan fingerprint density at radius 2 is 2.12 bits per heavy atom. The van der Waals surface area contributed by atoms with E-state index < -0.39 is 0 Å². The van der Waals surface area contributed by atoms with Crippen molar-refractivity contribution in [3.8, 4) is 0 Å². The molecule has 0 heterocycles. The summed E-state index contributed by atoms with van der Waals surface area (Å²) in [6.07, 6.45) is 4.91. The molecule has 0 aliphatic heterocycles. The standard InChI is InChI=1S/C13H19BrClN/c1-3-4-5-9-12(16-2)10-7-6-8-11(14)13(10)15/h6-8,12,16H,3-5,9H2,1-2H3. The number of hydrogen-bond acceptors (Lipinski definition) is 1. The van der Waals surface area contributed by atoms with E-state index in [9.17, 15) is 0 Å². The smallest absolute Gasteiger partial charge is 0.0595 e. The van der Waals surface area contributed by atoms with Gasteiger partial charge in [0.2, 0.25) is 0 Å². The largest absolute Gasteiger partial charge is 0.313 e. The fraction of sp³-hybridized carbons (Fsp3) is 0.538. The lowest BCUT2D eigenvalue weighted by atomic mass is 10.0. The topological polar surface area (TPSA) is 12.0 Å². The number of halogens is 2. The molecule has 0 bridgehead atoms. The zero-order valence-electron chi connectivity index (χ0n) is 9.89. The molecule has 0 spiro atoms. The van der Waals surface area contributed by atoms with Crippen molar-refractivity contribution in [1.29, 1.82) is 0 Å². The summed E-state index contributed by atoms with van der Waals surface area (Å²) in [6.45, 7) is 2.22. The molecule has 16 heavy (non-hydrogen) atoms. The lowest BCUT2D eigenvalue weighted by Gasteiger charge is -2.18. The van der Waals surface area contributed by atoms with E-state index in [1.807, 2.05) is 19.2 Å². The molecule has 0 fully saturated rings. The third-order valence-electron chi connectivity index (χ3n) is 2.80. The van der Waals surface area contributed by atoms with Gasteiger partial charge < -0.3 is 5.32 Å². The van der Waals surface area contributed by atoms with Crippen molar-refractivity contribution >= 4 is 27.5 Å². The Morgan fingerprint density at radius 3 is 2.75 bits per heavy atom. The highest BCUT2D eigenvalue weighted by molar-refractivity contribution is 9.10. The summed E-state index contributed by atoms with van der Waals surface area (Å²) < 4.78 is 0.974. The molecule has 0 radical (unpaired) electrons. The number of hydrogen-bond donors (Lipinski definition) is 1. The van der Waals surface area contributed by atoms with Crippen LogP contribution in [0.3, 0.4) is 0 Å². The molecule has 0 saturated heterocycles. The highest BCUT2D eigenvalue weighted by Crippen LogP contribution is 2.32. The molecule has 0 aliphatic rings. The molecule has 1 aromatic rings. The Bertz CT molecular complexity index is 328. The Labute approximate surface area is 112 Å². The zero-order chi connectivity index (χ0) is 12.0. The molecule has 90 valence electrons. The van der Waals surface area contributed by atoms with Gasteiger partial charge >= 0.3 is 0 Å². The fourth-order valence-corrected chi connectivity index (χ4v) is 2.48. The molecule has 1 N–H and O–H groups in total. The van der Waals surface area contributed by atoms with Gasteiger partial charge in [0.25, 0.3) is 0 Å². The van der Waals surface area contributed by atoms with Crippen LogP contribution >= 0.6 is 27.5 Å². The van der Waals surface area contributed by atoms with Gasteiger partial charge in [0.05, 0.1) is 5.02 Å². The van der Waals surface area contributed by atoms with E-state index in [4.69, 9.17) is 11.6 Å². The van der Waals surface area contributed by atoms with Gasteiger partial charge in [-0.25, -0.2) is 0 Å². The monoisotopic (exact) mass is 303 g/mol. The predicted molar refractivity (Wildman–Crippen MR) is 75.1 cm³/mol. The van der Waals surface area contributed by atoms with Crippen molar-refractivity contribution in [2.45, 2.75) is 38.6 Å². The van der Waals surface area contributed by atoms with Crippen molar-refractivity contribution < 1.29 is 0 Å². The quantitative estimate of drug-likeness (QED) is 0.734. The average molecular weight is 305 g/mol. The van der Waals surface area contributed by atoms with Crippen molar-refractivity contribution in [3.63, 3.8) is 0 Å². The summed E-state index contributed by atoms with van der Waals surface area (Å²) in [5, 5.41) is 4.17. The molecular weight excluding hydrogens is 286 g/mol. The second-order valence-electron chi connectivity index (χ2n) is 3.98. The third-order valence-corrected chi connectivity index (χ3v) is 4.11. The first-order chi connectivity index (χ1) is 7.70. The predicted octanol–water partition coefficient (Wildman–Crippen LogP) is 4.94. The molecule has 0 saturated carbocycles. The van der Waals surface area contributed by atoms with E-state index >= 15 is 0 Å². The van der Waals surface area contributed by atoms with Crippen molar-refractivity contribution in [1.82, 2.24) is 5.32 Å². The van der Waals surface area contributed by atoms with Gasteiger partial charge in [-0.3, -0.25) is 0 Å². The molecule has 3 heteroatoms. The van der Waals surface area contributed by atoms with Crippen LogP contribution in [0.1, 0.15) is 44.2 Å². The normalized spacial score (nSPS) is 12.8. The Kier molecular flexibility index (Phi) is 6.40. The van der Waals surface area contributed by atoms with Crippen LogP contribution in [0.4, 0.5) is 0 Å². The van der Waals surface area contributed by atoms with Gasteiger partial charge in [-0.1, -0.05) is 49.9 Å². The summed E-state index contributed by atoms with van der Waals surface area (Å²) in [7, 11) is 1.99. The van der Waals surface area contributed by atoms with Crippen molar-refractivity contribution in [2.75, 3.05) is 7.05 Å². The molecule has 0 aliphatic carbocycles. The van der Waals surface area contributed by atoms with Gasteiger partial charge in [-0.2, -0.15) is 0 Å². The van der Waals surface area contributed by atoms with Gasteiger partial charge in [0.15, 0.2) is 0 Å². The van der Waals surface area contributed by atoms with E-state index in [0.717, 1.165) is 15.9 Å². The van der Waals surface area contributed by atoms with Crippen LogP contribution in [-0.4, -0.2) is 7.05 Å². The molecule has 1 aromatic carbocycles. The second-order valence-corrected chi connectivity index (χ2v) is 5.21. The minimum Gasteiger partial charge on any atom is -0.313 e. The van der Waals surface area contributed by atoms with Crippen molar-refractivity contribution in [3.05, 3.63) is 33.3 Å². The highest BCUT2D eigenvalue weighted by atomic mass is 79.9. The molecule has 1 nitrogen and oxygen atoms in total. The Balaban J connectivity index is 2.74. The van der Waals surface area contributed by atoms with Gasteiger partial charge in [0, 0.05) is 10.5 Å².